The normalized spacial score (nSPS) is 8.10. The Morgan fingerprint density at radius 1 is 1.20 bits per heavy atom. The summed E-state index contributed by atoms with van der Waals surface area (Å²) in [5.41, 5.74) is 0.497. The van der Waals surface area contributed by atoms with Gasteiger partial charge in [-0.15, -0.1) is 0 Å². The zero-order valence-corrected chi connectivity index (χ0v) is 4.67. The molecule has 1 aromatic rings. The predicted octanol–water partition coefficient (Wildman–Crippen LogP) is 0.990. The van der Waals surface area contributed by atoms with Crippen LogP contribution in [0, 0.1) is 5.82 Å². The van der Waals surface area contributed by atoms with Gasteiger partial charge in [0.25, 0.3) is 0 Å². The SMILES string of the molecule is O=Cc1ccc(F)cc1.[NaH]. The molecule has 0 aliphatic rings. The maximum absolute atomic E-state index is 12.1. The van der Waals surface area contributed by atoms with Gasteiger partial charge in [-0.25, -0.2) is 4.39 Å². The van der Waals surface area contributed by atoms with Crippen molar-refractivity contribution in [1.82, 2.24) is 0 Å². The molecule has 0 saturated heterocycles. The molecule has 0 amide bonds. The molecule has 3 heteroatoms. The third kappa shape index (κ3) is 2.60. The summed E-state index contributed by atoms with van der Waals surface area (Å²) < 4.78 is 12.1. The molecule has 0 aliphatic carbocycles. The van der Waals surface area contributed by atoms with Gasteiger partial charge >= 0.3 is 29.6 Å². The minimum atomic E-state index is -0.319. The number of halogens is 1. The number of hydrogen-bond acceptors (Lipinski definition) is 1. The van der Waals surface area contributed by atoms with Crippen molar-refractivity contribution in [3.8, 4) is 0 Å². The van der Waals surface area contributed by atoms with Crippen LogP contribution in [0.25, 0.3) is 0 Å². The molecule has 1 rings (SSSR count). The van der Waals surface area contributed by atoms with Crippen LogP contribution in [0.5, 0.6) is 0 Å². The van der Waals surface area contributed by atoms with E-state index in [0.717, 1.165) is 0 Å². The summed E-state index contributed by atoms with van der Waals surface area (Å²) in [5.74, 6) is -0.319. The van der Waals surface area contributed by atoms with Gasteiger partial charge in [0, 0.05) is 5.56 Å². The molecule has 0 aliphatic heterocycles. The van der Waals surface area contributed by atoms with E-state index in [1.807, 2.05) is 0 Å². The van der Waals surface area contributed by atoms with Crippen LogP contribution in [-0.4, -0.2) is 35.8 Å². The van der Waals surface area contributed by atoms with E-state index in [1.165, 1.54) is 24.3 Å². The molecule has 0 radical (unpaired) electrons. The molecule has 0 aromatic heterocycles. The zero-order chi connectivity index (χ0) is 6.69. The Labute approximate surface area is 80.5 Å². The molecular formula is C7H6FNaO. The summed E-state index contributed by atoms with van der Waals surface area (Å²) >= 11 is 0. The molecule has 0 fully saturated rings. The average Bonchev–Trinajstić information content (AvgIpc) is 1.90. The fourth-order valence-corrected chi connectivity index (χ4v) is 0.541. The molecule has 0 bridgehead atoms. The Hall–Kier alpha value is -0.180. The number of aldehydes is 1. The summed E-state index contributed by atoms with van der Waals surface area (Å²) in [7, 11) is 0. The van der Waals surface area contributed by atoms with Crippen molar-refractivity contribution in [3.05, 3.63) is 35.6 Å². The van der Waals surface area contributed by atoms with Crippen molar-refractivity contribution < 1.29 is 9.18 Å². The van der Waals surface area contributed by atoms with E-state index in [2.05, 4.69) is 0 Å². The molecule has 0 heterocycles. The average molecular weight is 148 g/mol. The van der Waals surface area contributed by atoms with Gasteiger partial charge < -0.3 is 0 Å². The van der Waals surface area contributed by atoms with Gasteiger partial charge in [-0.1, -0.05) is 0 Å². The summed E-state index contributed by atoms with van der Waals surface area (Å²) in [6.45, 7) is 0. The molecule has 0 atom stereocenters. The second-order valence-electron chi connectivity index (χ2n) is 1.67. The number of benzene rings is 1. The summed E-state index contributed by atoms with van der Waals surface area (Å²) in [6, 6.07) is 5.37. The molecule has 10 heavy (non-hydrogen) atoms. The monoisotopic (exact) mass is 148 g/mol. The standard InChI is InChI=1S/C7H5FO.Na.H/c8-7-3-1-6(5-9)2-4-7;;/h1-5H;;. The molecule has 0 unspecified atom stereocenters. The Balaban J connectivity index is 0.000000810. The maximum atomic E-state index is 12.1. The van der Waals surface area contributed by atoms with Crippen molar-refractivity contribution in [2.45, 2.75) is 0 Å². The van der Waals surface area contributed by atoms with Gasteiger partial charge in [0.2, 0.25) is 0 Å². The van der Waals surface area contributed by atoms with Crippen LogP contribution in [0.4, 0.5) is 4.39 Å². The first-order chi connectivity index (χ1) is 4.33. The Bertz CT molecular complexity index is 207. The topological polar surface area (TPSA) is 17.1 Å². The van der Waals surface area contributed by atoms with E-state index in [-0.39, 0.29) is 35.4 Å². The molecule has 0 spiro atoms. The molecule has 1 aromatic carbocycles. The van der Waals surface area contributed by atoms with E-state index in [1.54, 1.807) is 0 Å². The molecule has 0 N–H and O–H groups in total. The first-order valence-corrected chi connectivity index (χ1v) is 2.53. The predicted molar refractivity (Wildman–Crippen MR) is 38.9 cm³/mol. The Morgan fingerprint density at radius 3 is 2.10 bits per heavy atom. The van der Waals surface area contributed by atoms with Gasteiger partial charge in [0.15, 0.2) is 0 Å². The van der Waals surface area contributed by atoms with Crippen LogP contribution in [0.15, 0.2) is 24.3 Å². The summed E-state index contributed by atoms with van der Waals surface area (Å²) in [6.07, 6.45) is 0.680. The minimum absolute atomic E-state index is 0. The third-order valence-corrected chi connectivity index (χ3v) is 1.01. The Morgan fingerprint density at radius 2 is 1.70 bits per heavy atom. The van der Waals surface area contributed by atoms with E-state index >= 15 is 0 Å². The van der Waals surface area contributed by atoms with Gasteiger partial charge in [-0.2, -0.15) is 0 Å². The van der Waals surface area contributed by atoms with E-state index in [4.69, 9.17) is 0 Å². The van der Waals surface area contributed by atoms with Crippen molar-refractivity contribution >= 4 is 35.8 Å². The van der Waals surface area contributed by atoms with Gasteiger partial charge in [0.05, 0.1) is 0 Å². The van der Waals surface area contributed by atoms with E-state index < -0.39 is 0 Å². The second kappa shape index (κ2) is 4.61. The fourth-order valence-electron chi connectivity index (χ4n) is 0.541. The van der Waals surface area contributed by atoms with Gasteiger partial charge in [-0.3, -0.25) is 4.79 Å². The first-order valence-electron chi connectivity index (χ1n) is 2.53. The van der Waals surface area contributed by atoms with Crippen LogP contribution >= 0.6 is 0 Å². The fraction of sp³-hybridized carbons (Fsp3) is 0. The van der Waals surface area contributed by atoms with Crippen molar-refractivity contribution in [3.63, 3.8) is 0 Å². The number of rotatable bonds is 1. The number of hydrogen-bond donors (Lipinski definition) is 0. The van der Waals surface area contributed by atoms with Gasteiger partial charge in [-0.05, 0) is 24.3 Å². The van der Waals surface area contributed by atoms with Crippen molar-refractivity contribution in [1.29, 1.82) is 0 Å². The van der Waals surface area contributed by atoms with Gasteiger partial charge in [0.1, 0.15) is 12.1 Å². The van der Waals surface area contributed by atoms with Crippen LogP contribution in [0.2, 0.25) is 0 Å². The number of carbonyl (C=O) groups is 1. The zero-order valence-electron chi connectivity index (χ0n) is 4.67. The third-order valence-electron chi connectivity index (χ3n) is 1.01. The molecule has 0 saturated carbocycles. The molecule has 48 valence electrons. The van der Waals surface area contributed by atoms with Crippen LogP contribution < -0.4 is 0 Å². The van der Waals surface area contributed by atoms with E-state index in [0.29, 0.717) is 11.8 Å². The quantitative estimate of drug-likeness (QED) is 0.428. The number of carbonyl (C=O) groups excluding carboxylic acids is 1. The van der Waals surface area contributed by atoms with Crippen LogP contribution in [0.1, 0.15) is 10.4 Å². The Kier molecular flexibility index (Phi) is 4.52. The van der Waals surface area contributed by atoms with Crippen molar-refractivity contribution in [2.75, 3.05) is 0 Å². The molecule has 1 nitrogen and oxygen atoms in total. The van der Waals surface area contributed by atoms with Crippen LogP contribution in [0.3, 0.4) is 0 Å². The second-order valence-corrected chi connectivity index (χ2v) is 1.67. The summed E-state index contributed by atoms with van der Waals surface area (Å²) in [5, 5.41) is 0. The van der Waals surface area contributed by atoms with E-state index in [9.17, 15) is 9.18 Å². The van der Waals surface area contributed by atoms with Crippen LogP contribution in [-0.2, 0) is 0 Å². The molecular weight excluding hydrogens is 142 g/mol. The summed E-state index contributed by atoms with van der Waals surface area (Å²) in [4.78, 5) is 10.00. The first kappa shape index (κ1) is 9.82. The van der Waals surface area contributed by atoms with Crippen molar-refractivity contribution in [2.24, 2.45) is 0 Å².